The molecule has 1 atom stereocenters. The normalized spacial score (nSPS) is 13.0. The van der Waals surface area contributed by atoms with Crippen LogP contribution >= 0.6 is 15.9 Å². The van der Waals surface area contributed by atoms with E-state index in [0.717, 1.165) is 4.47 Å². The maximum atomic E-state index is 13.4. The first-order valence-corrected chi connectivity index (χ1v) is 4.67. The number of aliphatic hydroxyl groups is 1. The van der Waals surface area contributed by atoms with Crippen LogP contribution in [0.15, 0.2) is 16.6 Å². The summed E-state index contributed by atoms with van der Waals surface area (Å²) in [7, 11) is 0. The van der Waals surface area contributed by atoms with E-state index >= 15 is 0 Å². The van der Waals surface area contributed by atoms with Gasteiger partial charge in [0.2, 0.25) is 0 Å². The van der Waals surface area contributed by atoms with Gasteiger partial charge in [0.1, 0.15) is 5.82 Å². The second kappa shape index (κ2) is 4.17. The van der Waals surface area contributed by atoms with Crippen LogP contribution in [0.1, 0.15) is 17.2 Å². The standard InChI is InChI=1S/C9H11BrFNO/c1-5-2-6(10)3-7(9(5)11)8(12)4-13/h2-3,8,13H,4,12H2,1H3. The molecule has 4 heteroatoms. The van der Waals surface area contributed by atoms with Crippen LogP contribution in [0, 0.1) is 12.7 Å². The Bertz CT molecular complexity index is 317. The Balaban J connectivity index is 3.20. The third-order valence-corrected chi connectivity index (χ3v) is 2.30. The molecule has 0 aliphatic rings. The Labute approximate surface area is 84.7 Å². The minimum absolute atomic E-state index is 0.257. The number of rotatable bonds is 2. The summed E-state index contributed by atoms with van der Waals surface area (Å²) in [5, 5.41) is 8.79. The van der Waals surface area contributed by atoms with Crippen molar-refractivity contribution in [1.29, 1.82) is 0 Å². The molecule has 0 amide bonds. The second-order valence-corrected chi connectivity index (χ2v) is 3.83. The largest absolute Gasteiger partial charge is 0.394 e. The van der Waals surface area contributed by atoms with Crippen LogP contribution in [-0.2, 0) is 0 Å². The third-order valence-electron chi connectivity index (χ3n) is 1.84. The van der Waals surface area contributed by atoms with E-state index in [1.165, 1.54) is 0 Å². The highest BCUT2D eigenvalue weighted by molar-refractivity contribution is 9.10. The molecule has 0 saturated heterocycles. The van der Waals surface area contributed by atoms with Gasteiger partial charge >= 0.3 is 0 Å². The topological polar surface area (TPSA) is 46.2 Å². The summed E-state index contributed by atoms with van der Waals surface area (Å²) < 4.78 is 14.2. The smallest absolute Gasteiger partial charge is 0.131 e. The van der Waals surface area contributed by atoms with Crippen molar-refractivity contribution in [2.24, 2.45) is 5.73 Å². The summed E-state index contributed by atoms with van der Waals surface area (Å²) in [6.45, 7) is 1.40. The van der Waals surface area contributed by atoms with Crippen molar-refractivity contribution in [2.45, 2.75) is 13.0 Å². The molecule has 0 radical (unpaired) electrons. The first-order chi connectivity index (χ1) is 6.06. The van der Waals surface area contributed by atoms with Gasteiger partial charge in [-0.15, -0.1) is 0 Å². The van der Waals surface area contributed by atoms with Gasteiger partial charge in [0, 0.05) is 10.0 Å². The van der Waals surface area contributed by atoms with Crippen LogP contribution in [0.4, 0.5) is 4.39 Å². The molecule has 13 heavy (non-hydrogen) atoms. The molecule has 0 aliphatic heterocycles. The second-order valence-electron chi connectivity index (χ2n) is 2.91. The number of nitrogens with two attached hydrogens (primary N) is 1. The highest BCUT2D eigenvalue weighted by Gasteiger charge is 2.13. The van der Waals surface area contributed by atoms with Crippen molar-refractivity contribution in [3.63, 3.8) is 0 Å². The SMILES string of the molecule is Cc1cc(Br)cc(C(N)CO)c1F. The van der Waals surface area contributed by atoms with Crippen molar-refractivity contribution < 1.29 is 9.50 Å². The van der Waals surface area contributed by atoms with E-state index in [2.05, 4.69) is 15.9 Å². The molecule has 72 valence electrons. The Kier molecular flexibility index (Phi) is 3.41. The number of aryl methyl sites for hydroxylation is 1. The first kappa shape index (κ1) is 10.6. The minimum Gasteiger partial charge on any atom is -0.394 e. The summed E-state index contributed by atoms with van der Waals surface area (Å²) in [5.41, 5.74) is 6.39. The first-order valence-electron chi connectivity index (χ1n) is 3.88. The lowest BCUT2D eigenvalue weighted by Gasteiger charge is -2.11. The molecule has 1 aromatic carbocycles. The number of hydrogen-bond acceptors (Lipinski definition) is 2. The molecular formula is C9H11BrFNO. The van der Waals surface area contributed by atoms with Crippen LogP contribution in [0.2, 0.25) is 0 Å². The molecule has 0 bridgehead atoms. The quantitative estimate of drug-likeness (QED) is 0.839. The van der Waals surface area contributed by atoms with Crippen LogP contribution in [0.25, 0.3) is 0 Å². The van der Waals surface area contributed by atoms with Crippen molar-refractivity contribution in [3.05, 3.63) is 33.5 Å². The Morgan fingerprint density at radius 3 is 2.77 bits per heavy atom. The van der Waals surface area contributed by atoms with Crippen molar-refractivity contribution in [3.8, 4) is 0 Å². The molecule has 1 unspecified atom stereocenters. The van der Waals surface area contributed by atoms with Crippen LogP contribution in [-0.4, -0.2) is 11.7 Å². The fraction of sp³-hybridized carbons (Fsp3) is 0.333. The summed E-state index contributed by atoms with van der Waals surface area (Å²) in [4.78, 5) is 0. The Morgan fingerprint density at radius 2 is 2.23 bits per heavy atom. The highest BCUT2D eigenvalue weighted by atomic mass is 79.9. The zero-order valence-electron chi connectivity index (χ0n) is 7.22. The fourth-order valence-electron chi connectivity index (χ4n) is 1.12. The van der Waals surface area contributed by atoms with Gasteiger partial charge in [-0.2, -0.15) is 0 Å². The van der Waals surface area contributed by atoms with Crippen LogP contribution < -0.4 is 5.73 Å². The summed E-state index contributed by atoms with van der Waals surface area (Å²) >= 11 is 3.24. The Morgan fingerprint density at radius 1 is 1.62 bits per heavy atom. The molecule has 0 saturated carbocycles. The zero-order valence-corrected chi connectivity index (χ0v) is 8.81. The lowest BCUT2D eigenvalue weighted by Crippen LogP contribution is -2.16. The van der Waals surface area contributed by atoms with Gasteiger partial charge in [-0.05, 0) is 24.6 Å². The maximum Gasteiger partial charge on any atom is 0.131 e. The maximum absolute atomic E-state index is 13.4. The van der Waals surface area contributed by atoms with Gasteiger partial charge < -0.3 is 10.8 Å². The molecule has 0 aromatic heterocycles. The van der Waals surface area contributed by atoms with Gasteiger partial charge in [0.15, 0.2) is 0 Å². The predicted molar refractivity (Wildman–Crippen MR) is 52.9 cm³/mol. The fourth-order valence-corrected chi connectivity index (χ4v) is 1.71. The molecule has 0 fully saturated rings. The molecule has 0 heterocycles. The van der Waals surface area contributed by atoms with E-state index in [4.69, 9.17) is 10.8 Å². The highest BCUT2D eigenvalue weighted by Crippen LogP contribution is 2.23. The van der Waals surface area contributed by atoms with E-state index in [1.807, 2.05) is 0 Å². The minimum atomic E-state index is -0.656. The molecule has 1 rings (SSSR count). The zero-order chi connectivity index (χ0) is 10.0. The van der Waals surface area contributed by atoms with Crippen molar-refractivity contribution in [1.82, 2.24) is 0 Å². The van der Waals surface area contributed by atoms with E-state index < -0.39 is 6.04 Å². The summed E-state index contributed by atoms with van der Waals surface area (Å²) in [5.74, 6) is -0.343. The number of halogens is 2. The summed E-state index contributed by atoms with van der Waals surface area (Å²) in [6, 6.07) is 2.60. The molecule has 0 spiro atoms. The molecule has 0 aliphatic carbocycles. The average molecular weight is 248 g/mol. The van der Waals surface area contributed by atoms with E-state index in [1.54, 1.807) is 19.1 Å². The molecular weight excluding hydrogens is 237 g/mol. The average Bonchev–Trinajstić information content (AvgIpc) is 2.10. The van der Waals surface area contributed by atoms with Gasteiger partial charge in [0.05, 0.1) is 12.6 Å². The lowest BCUT2D eigenvalue weighted by atomic mass is 10.0. The van der Waals surface area contributed by atoms with Crippen molar-refractivity contribution >= 4 is 15.9 Å². The third kappa shape index (κ3) is 2.27. The van der Waals surface area contributed by atoms with Crippen LogP contribution in [0.5, 0.6) is 0 Å². The van der Waals surface area contributed by atoms with E-state index in [0.29, 0.717) is 11.1 Å². The van der Waals surface area contributed by atoms with Crippen molar-refractivity contribution in [2.75, 3.05) is 6.61 Å². The van der Waals surface area contributed by atoms with Gasteiger partial charge in [-0.1, -0.05) is 15.9 Å². The number of aliphatic hydroxyl groups excluding tert-OH is 1. The molecule has 1 aromatic rings. The number of hydrogen-bond donors (Lipinski definition) is 2. The monoisotopic (exact) mass is 247 g/mol. The van der Waals surface area contributed by atoms with E-state index in [-0.39, 0.29) is 12.4 Å². The van der Waals surface area contributed by atoms with Crippen LogP contribution in [0.3, 0.4) is 0 Å². The summed E-state index contributed by atoms with van der Waals surface area (Å²) in [6.07, 6.45) is 0. The number of benzene rings is 1. The molecule has 3 N–H and O–H groups in total. The Hall–Kier alpha value is -0.450. The predicted octanol–water partition coefficient (Wildman–Crippen LogP) is 1.89. The van der Waals surface area contributed by atoms with E-state index in [9.17, 15) is 4.39 Å². The van der Waals surface area contributed by atoms with Gasteiger partial charge in [-0.25, -0.2) is 4.39 Å². The lowest BCUT2D eigenvalue weighted by molar-refractivity contribution is 0.265. The van der Waals surface area contributed by atoms with Gasteiger partial charge in [0.25, 0.3) is 0 Å². The molecule has 2 nitrogen and oxygen atoms in total. The van der Waals surface area contributed by atoms with Gasteiger partial charge in [-0.3, -0.25) is 0 Å².